The van der Waals surface area contributed by atoms with Crippen molar-refractivity contribution in [1.82, 2.24) is 4.57 Å². The highest BCUT2D eigenvalue weighted by atomic mass is 32.1. The van der Waals surface area contributed by atoms with Crippen LogP contribution in [0.25, 0.3) is 50.0 Å². The fourth-order valence-electron chi connectivity index (χ4n) is 7.65. The van der Waals surface area contributed by atoms with E-state index >= 15 is 0 Å². The highest BCUT2D eigenvalue weighted by molar-refractivity contribution is 7.59. The third kappa shape index (κ3) is 5.31. The van der Waals surface area contributed by atoms with Crippen molar-refractivity contribution in [3.63, 3.8) is 0 Å². The van der Waals surface area contributed by atoms with Gasteiger partial charge in [-0.3, -0.25) is 0 Å². The van der Waals surface area contributed by atoms with Crippen LogP contribution in [0.4, 0.5) is 17.1 Å². The van der Waals surface area contributed by atoms with Crippen molar-refractivity contribution >= 4 is 41.5 Å². The first-order valence-corrected chi connectivity index (χ1v) is 17.0. The topological polar surface area (TPSA) is 8.17 Å². The summed E-state index contributed by atoms with van der Waals surface area (Å²) in [7, 11) is 0. The monoisotopic (exact) mass is 662 g/mol. The molecule has 0 bridgehead atoms. The van der Waals surface area contributed by atoms with E-state index in [4.69, 9.17) is 0 Å². The second kappa shape index (κ2) is 12.6. The summed E-state index contributed by atoms with van der Waals surface area (Å²) in [5, 5.41) is 1.20. The smallest absolute Gasteiger partial charge is 0.0529 e. The molecule has 3 heteroatoms. The van der Waals surface area contributed by atoms with Gasteiger partial charge >= 0.3 is 0 Å². The van der Waals surface area contributed by atoms with Crippen molar-refractivity contribution in [2.75, 3.05) is 4.90 Å². The Morgan fingerprint density at radius 3 is 1.66 bits per heavy atom. The minimum absolute atomic E-state index is 0. The van der Waals surface area contributed by atoms with E-state index in [9.17, 15) is 0 Å². The van der Waals surface area contributed by atoms with Crippen molar-refractivity contribution in [1.29, 1.82) is 0 Å². The Hall–Kier alpha value is -5.77. The zero-order valence-corrected chi connectivity index (χ0v) is 29.2. The van der Waals surface area contributed by atoms with Crippen LogP contribution in [0.15, 0.2) is 182 Å². The van der Waals surface area contributed by atoms with Crippen molar-refractivity contribution < 1.29 is 0 Å². The molecule has 1 aliphatic rings. The lowest BCUT2D eigenvalue weighted by molar-refractivity contribution is 0.660. The molecule has 50 heavy (non-hydrogen) atoms. The van der Waals surface area contributed by atoms with E-state index in [1.807, 2.05) is 0 Å². The lowest BCUT2D eigenvalue weighted by Crippen LogP contribution is -2.16. The maximum absolute atomic E-state index is 2.41. The van der Waals surface area contributed by atoms with E-state index in [2.05, 4.69) is 205 Å². The minimum Gasteiger partial charge on any atom is -0.317 e. The minimum atomic E-state index is -0.0831. The van der Waals surface area contributed by atoms with Crippen molar-refractivity contribution in [3.05, 3.63) is 193 Å². The van der Waals surface area contributed by atoms with Gasteiger partial charge in [0.05, 0.1) is 5.52 Å². The predicted molar refractivity (Wildman–Crippen MR) is 217 cm³/mol. The van der Waals surface area contributed by atoms with E-state index in [0.29, 0.717) is 0 Å². The molecule has 0 amide bonds. The van der Waals surface area contributed by atoms with Gasteiger partial charge in [0.15, 0.2) is 0 Å². The van der Waals surface area contributed by atoms with Crippen LogP contribution in [-0.2, 0) is 5.41 Å². The molecule has 7 aromatic carbocycles. The number of para-hydroxylation sites is 1. The van der Waals surface area contributed by atoms with Crippen LogP contribution in [0.5, 0.6) is 0 Å². The van der Waals surface area contributed by atoms with Gasteiger partial charge in [0.25, 0.3) is 0 Å². The fraction of sp³-hybridized carbons (Fsp3) is 0.0638. The van der Waals surface area contributed by atoms with Gasteiger partial charge < -0.3 is 9.47 Å². The van der Waals surface area contributed by atoms with Crippen LogP contribution in [0.2, 0.25) is 0 Å². The first kappa shape index (κ1) is 31.5. The molecule has 0 N–H and O–H groups in total. The highest BCUT2D eigenvalue weighted by Crippen LogP contribution is 2.50. The maximum atomic E-state index is 2.41. The number of hydrogen-bond acceptors (Lipinski definition) is 1. The number of anilines is 3. The van der Waals surface area contributed by atoms with Gasteiger partial charge in [-0.05, 0) is 105 Å². The summed E-state index contributed by atoms with van der Waals surface area (Å²) in [4.78, 5) is 2.40. The van der Waals surface area contributed by atoms with Crippen LogP contribution in [0.3, 0.4) is 0 Å². The Labute approximate surface area is 301 Å². The van der Waals surface area contributed by atoms with Gasteiger partial charge in [-0.1, -0.05) is 129 Å². The summed E-state index contributed by atoms with van der Waals surface area (Å²) in [6.45, 7) is 4.70. The molecule has 0 unspecified atom stereocenters. The Bertz CT molecular complexity index is 2440. The van der Waals surface area contributed by atoms with Crippen LogP contribution in [-0.4, -0.2) is 4.57 Å². The number of fused-ring (bicyclic) bond motifs is 4. The summed E-state index contributed by atoms with van der Waals surface area (Å²) in [6.07, 6.45) is 2.17. The third-order valence-corrected chi connectivity index (χ3v) is 10.2. The fourth-order valence-corrected chi connectivity index (χ4v) is 7.65. The second-order valence-electron chi connectivity index (χ2n) is 13.5. The van der Waals surface area contributed by atoms with Crippen molar-refractivity contribution in [2.24, 2.45) is 0 Å². The average Bonchev–Trinajstić information content (AvgIpc) is 3.69. The SMILES string of the molecule is CC1(C)c2ccccc2-c2ccc(N(c3ccc(-c4ccc(-c5ccccc5)cc4)cc3)c3ccc4c(ccn4-c4ccccc4)c3)cc21.S. The van der Waals surface area contributed by atoms with Gasteiger partial charge in [0.1, 0.15) is 0 Å². The van der Waals surface area contributed by atoms with Crippen molar-refractivity contribution in [2.45, 2.75) is 19.3 Å². The van der Waals surface area contributed by atoms with Crippen LogP contribution in [0.1, 0.15) is 25.0 Å². The number of aromatic nitrogens is 1. The highest BCUT2D eigenvalue weighted by Gasteiger charge is 2.35. The van der Waals surface area contributed by atoms with Crippen molar-refractivity contribution in [3.8, 4) is 39.1 Å². The Balaban J connectivity index is 0.00000361. The molecule has 0 aliphatic heterocycles. The molecule has 0 spiro atoms. The number of nitrogens with zero attached hydrogens (tertiary/aromatic N) is 2. The Morgan fingerprint density at radius 1 is 0.440 bits per heavy atom. The summed E-state index contributed by atoms with van der Waals surface area (Å²) in [5.41, 5.74) is 16.0. The molecular weight excluding hydrogens is 625 g/mol. The molecule has 2 nitrogen and oxygen atoms in total. The van der Waals surface area contributed by atoms with Gasteiger partial charge in [0, 0.05) is 39.7 Å². The van der Waals surface area contributed by atoms with E-state index < -0.39 is 0 Å². The molecule has 0 saturated carbocycles. The second-order valence-corrected chi connectivity index (χ2v) is 13.5. The molecule has 0 atom stereocenters. The van der Waals surface area contributed by atoms with Gasteiger partial charge in [-0.15, -0.1) is 0 Å². The van der Waals surface area contributed by atoms with Crippen LogP contribution >= 0.6 is 13.5 Å². The lowest BCUT2D eigenvalue weighted by Gasteiger charge is -2.28. The lowest BCUT2D eigenvalue weighted by atomic mass is 9.82. The van der Waals surface area contributed by atoms with Crippen LogP contribution in [0, 0.1) is 0 Å². The first-order chi connectivity index (χ1) is 24.0. The molecule has 0 fully saturated rings. The van der Waals surface area contributed by atoms with E-state index in [-0.39, 0.29) is 18.9 Å². The van der Waals surface area contributed by atoms with E-state index in [1.54, 1.807) is 0 Å². The largest absolute Gasteiger partial charge is 0.317 e. The molecule has 242 valence electrons. The zero-order valence-electron chi connectivity index (χ0n) is 28.2. The predicted octanol–water partition coefficient (Wildman–Crippen LogP) is 12.9. The standard InChI is InChI=1S/C47H36N2.H2S/c1-47(2)44-16-10-9-15-42(44)43-27-25-41(32-45(43)47)49(40-26-28-46-37(31-40)29-30-48(46)38-13-7-4-8-14-38)39-23-21-36(22-24-39)35-19-17-34(18-20-35)33-11-5-3-6-12-33;/h3-32H,1-2H3;1H2. The maximum Gasteiger partial charge on any atom is 0.0529 e. The van der Waals surface area contributed by atoms with Gasteiger partial charge in [-0.2, -0.15) is 13.5 Å². The molecule has 0 saturated heterocycles. The van der Waals surface area contributed by atoms with Crippen LogP contribution < -0.4 is 4.90 Å². The molecule has 1 aromatic heterocycles. The molecule has 8 aromatic rings. The third-order valence-electron chi connectivity index (χ3n) is 10.2. The molecular formula is C47H38N2S. The first-order valence-electron chi connectivity index (χ1n) is 17.0. The average molecular weight is 663 g/mol. The van der Waals surface area contributed by atoms with E-state index in [0.717, 1.165) is 22.7 Å². The molecule has 0 radical (unpaired) electrons. The summed E-state index contributed by atoms with van der Waals surface area (Å²) in [6, 6.07) is 63.9. The number of benzene rings is 7. The van der Waals surface area contributed by atoms with Gasteiger partial charge in [0.2, 0.25) is 0 Å². The Morgan fingerprint density at radius 2 is 0.960 bits per heavy atom. The molecule has 9 rings (SSSR count). The van der Waals surface area contributed by atoms with Gasteiger partial charge in [-0.25, -0.2) is 0 Å². The molecule has 1 aliphatic carbocycles. The number of rotatable bonds is 6. The number of hydrogen-bond donors (Lipinski definition) is 0. The zero-order chi connectivity index (χ0) is 33.0. The molecule has 1 heterocycles. The quantitative estimate of drug-likeness (QED) is 0.172. The normalized spacial score (nSPS) is 12.6. The summed E-state index contributed by atoms with van der Waals surface area (Å²) in [5.74, 6) is 0. The Kier molecular flexibility index (Phi) is 7.94. The summed E-state index contributed by atoms with van der Waals surface area (Å²) >= 11 is 0. The summed E-state index contributed by atoms with van der Waals surface area (Å²) < 4.78 is 2.26. The van der Waals surface area contributed by atoms with E-state index in [1.165, 1.54) is 55.4 Å².